The van der Waals surface area contributed by atoms with Gasteiger partial charge < -0.3 is 20.1 Å². The number of nitrogens with one attached hydrogen (secondary N) is 2. The highest BCUT2D eigenvalue weighted by molar-refractivity contribution is 5.76. The Morgan fingerprint density at radius 1 is 1.45 bits per heavy atom. The predicted molar refractivity (Wildman–Crippen MR) is 76.9 cm³/mol. The molecule has 1 aromatic rings. The minimum absolute atomic E-state index is 0.0770. The lowest BCUT2D eigenvalue weighted by Gasteiger charge is -2.23. The number of amides is 1. The van der Waals surface area contributed by atoms with Crippen molar-refractivity contribution >= 4 is 5.91 Å². The highest BCUT2D eigenvalue weighted by Crippen LogP contribution is 2.12. The van der Waals surface area contributed by atoms with Gasteiger partial charge in [-0.2, -0.15) is 0 Å². The number of hydrogen-bond donors (Lipinski definition) is 2. The number of rotatable bonds is 6. The molecular formula is C15H22N2O3. The van der Waals surface area contributed by atoms with Crippen LogP contribution < -0.4 is 15.4 Å². The Labute approximate surface area is 119 Å². The Morgan fingerprint density at radius 3 is 2.90 bits per heavy atom. The molecule has 1 saturated heterocycles. The summed E-state index contributed by atoms with van der Waals surface area (Å²) < 4.78 is 10.4. The van der Waals surface area contributed by atoms with E-state index >= 15 is 0 Å². The van der Waals surface area contributed by atoms with E-state index in [1.807, 2.05) is 24.3 Å². The van der Waals surface area contributed by atoms with Gasteiger partial charge in [0, 0.05) is 25.6 Å². The quantitative estimate of drug-likeness (QED) is 0.805. The zero-order valence-electron chi connectivity index (χ0n) is 11.9. The van der Waals surface area contributed by atoms with Gasteiger partial charge in [-0.1, -0.05) is 12.1 Å². The summed E-state index contributed by atoms with van der Waals surface area (Å²) in [5.74, 6) is 0.912. The molecule has 1 atom stereocenters. The Bertz CT molecular complexity index is 414. The van der Waals surface area contributed by atoms with Crippen LogP contribution >= 0.6 is 0 Å². The molecule has 0 aliphatic carbocycles. The van der Waals surface area contributed by atoms with E-state index in [0.717, 1.165) is 30.9 Å². The molecule has 0 spiro atoms. The van der Waals surface area contributed by atoms with Gasteiger partial charge in [-0.05, 0) is 24.1 Å². The summed E-state index contributed by atoms with van der Waals surface area (Å²) in [4.78, 5) is 11.8. The fourth-order valence-electron chi connectivity index (χ4n) is 2.13. The van der Waals surface area contributed by atoms with Crippen molar-refractivity contribution in [1.29, 1.82) is 0 Å². The van der Waals surface area contributed by atoms with Crippen molar-refractivity contribution in [1.82, 2.24) is 10.6 Å². The minimum atomic E-state index is 0.0770. The first-order valence-corrected chi connectivity index (χ1v) is 6.98. The summed E-state index contributed by atoms with van der Waals surface area (Å²) in [6, 6.07) is 8.03. The Morgan fingerprint density at radius 2 is 2.25 bits per heavy atom. The average molecular weight is 278 g/mol. The third kappa shape index (κ3) is 4.83. The molecular weight excluding hydrogens is 256 g/mol. The Balaban J connectivity index is 1.66. The summed E-state index contributed by atoms with van der Waals surface area (Å²) >= 11 is 0. The van der Waals surface area contributed by atoms with Crippen LogP contribution in [0.2, 0.25) is 0 Å². The Kier molecular flexibility index (Phi) is 5.83. The third-order valence-corrected chi connectivity index (χ3v) is 3.34. The van der Waals surface area contributed by atoms with Gasteiger partial charge >= 0.3 is 0 Å². The number of ether oxygens (including phenoxy) is 2. The molecule has 0 bridgehead atoms. The van der Waals surface area contributed by atoms with Crippen LogP contribution in [0.3, 0.4) is 0 Å². The highest BCUT2D eigenvalue weighted by atomic mass is 16.5. The van der Waals surface area contributed by atoms with Crippen LogP contribution in [-0.2, 0) is 16.0 Å². The molecule has 0 aromatic heterocycles. The molecule has 1 aromatic carbocycles. The zero-order chi connectivity index (χ0) is 14.2. The maximum absolute atomic E-state index is 11.8. The van der Waals surface area contributed by atoms with Gasteiger partial charge in [0.15, 0.2) is 0 Å². The zero-order valence-corrected chi connectivity index (χ0v) is 11.9. The average Bonchev–Trinajstić information content (AvgIpc) is 2.52. The van der Waals surface area contributed by atoms with Crippen LogP contribution in [-0.4, -0.2) is 45.4 Å². The number of methoxy groups -OCH3 is 1. The van der Waals surface area contributed by atoms with Gasteiger partial charge in [0.25, 0.3) is 0 Å². The molecule has 0 saturated carbocycles. The molecule has 1 fully saturated rings. The molecule has 5 heteroatoms. The van der Waals surface area contributed by atoms with Crippen LogP contribution in [0.25, 0.3) is 0 Å². The second kappa shape index (κ2) is 7.87. The lowest BCUT2D eigenvalue weighted by Crippen LogP contribution is -2.48. The standard InChI is InChI=1S/C15H22N2O3/c1-19-14-5-2-12(3-6-14)4-7-15(18)17-10-13-11-20-9-8-16-13/h2-3,5-6,13,16H,4,7-11H2,1H3,(H,17,18). The topological polar surface area (TPSA) is 59.6 Å². The number of hydrogen-bond acceptors (Lipinski definition) is 4. The lowest BCUT2D eigenvalue weighted by atomic mass is 10.1. The fraction of sp³-hybridized carbons (Fsp3) is 0.533. The number of morpholine rings is 1. The fourth-order valence-corrected chi connectivity index (χ4v) is 2.13. The van der Waals surface area contributed by atoms with Gasteiger partial charge in [-0.25, -0.2) is 0 Å². The van der Waals surface area contributed by atoms with E-state index in [-0.39, 0.29) is 11.9 Å². The van der Waals surface area contributed by atoms with Crippen molar-refractivity contribution in [3.63, 3.8) is 0 Å². The molecule has 1 unspecified atom stereocenters. The van der Waals surface area contributed by atoms with Gasteiger partial charge in [-0.15, -0.1) is 0 Å². The van der Waals surface area contributed by atoms with E-state index in [0.29, 0.717) is 19.6 Å². The summed E-state index contributed by atoms with van der Waals surface area (Å²) in [6.07, 6.45) is 1.24. The molecule has 1 amide bonds. The Hall–Kier alpha value is -1.59. The molecule has 20 heavy (non-hydrogen) atoms. The SMILES string of the molecule is COc1ccc(CCC(=O)NCC2COCCN2)cc1. The van der Waals surface area contributed by atoms with Gasteiger partial charge in [0.2, 0.25) is 5.91 Å². The van der Waals surface area contributed by atoms with E-state index in [1.54, 1.807) is 7.11 Å². The highest BCUT2D eigenvalue weighted by Gasteiger charge is 2.13. The molecule has 2 rings (SSSR count). The third-order valence-electron chi connectivity index (χ3n) is 3.34. The first-order chi connectivity index (χ1) is 9.78. The first-order valence-electron chi connectivity index (χ1n) is 6.98. The summed E-state index contributed by atoms with van der Waals surface area (Å²) in [5, 5.41) is 6.25. The van der Waals surface area contributed by atoms with Gasteiger partial charge in [0.1, 0.15) is 5.75 Å². The number of aryl methyl sites for hydroxylation is 1. The van der Waals surface area contributed by atoms with Crippen LogP contribution in [0.1, 0.15) is 12.0 Å². The van der Waals surface area contributed by atoms with Crippen molar-refractivity contribution in [2.45, 2.75) is 18.9 Å². The summed E-state index contributed by atoms with van der Waals surface area (Å²) in [6.45, 7) is 2.90. The maximum Gasteiger partial charge on any atom is 0.220 e. The number of carbonyl (C=O) groups excluding carboxylic acids is 1. The van der Waals surface area contributed by atoms with E-state index < -0.39 is 0 Å². The normalized spacial score (nSPS) is 18.6. The van der Waals surface area contributed by atoms with Crippen molar-refractivity contribution in [2.75, 3.05) is 33.4 Å². The molecule has 5 nitrogen and oxygen atoms in total. The van der Waals surface area contributed by atoms with Crippen LogP contribution in [0.15, 0.2) is 24.3 Å². The number of carbonyl (C=O) groups is 1. The lowest BCUT2D eigenvalue weighted by molar-refractivity contribution is -0.121. The van der Waals surface area contributed by atoms with E-state index in [1.165, 1.54) is 0 Å². The van der Waals surface area contributed by atoms with E-state index in [2.05, 4.69) is 10.6 Å². The van der Waals surface area contributed by atoms with Crippen LogP contribution in [0.5, 0.6) is 5.75 Å². The van der Waals surface area contributed by atoms with Gasteiger partial charge in [-0.3, -0.25) is 4.79 Å². The second-order valence-electron chi connectivity index (χ2n) is 4.88. The van der Waals surface area contributed by atoms with Crippen molar-refractivity contribution in [3.05, 3.63) is 29.8 Å². The molecule has 2 N–H and O–H groups in total. The molecule has 1 aliphatic rings. The minimum Gasteiger partial charge on any atom is -0.497 e. The number of benzene rings is 1. The summed E-state index contributed by atoms with van der Waals surface area (Å²) in [5.41, 5.74) is 1.14. The largest absolute Gasteiger partial charge is 0.497 e. The van der Waals surface area contributed by atoms with E-state index in [4.69, 9.17) is 9.47 Å². The first kappa shape index (κ1) is 14.8. The van der Waals surface area contributed by atoms with Crippen molar-refractivity contribution in [3.8, 4) is 5.75 Å². The molecule has 1 heterocycles. The molecule has 1 aliphatic heterocycles. The maximum atomic E-state index is 11.8. The van der Waals surface area contributed by atoms with Gasteiger partial charge in [0.05, 0.1) is 20.3 Å². The summed E-state index contributed by atoms with van der Waals surface area (Å²) in [7, 11) is 1.64. The monoisotopic (exact) mass is 278 g/mol. The molecule has 0 radical (unpaired) electrons. The van der Waals surface area contributed by atoms with Crippen LogP contribution in [0, 0.1) is 0 Å². The van der Waals surface area contributed by atoms with Crippen molar-refractivity contribution in [2.24, 2.45) is 0 Å². The predicted octanol–water partition coefficient (Wildman–Crippen LogP) is 0.732. The van der Waals surface area contributed by atoms with E-state index in [9.17, 15) is 4.79 Å². The van der Waals surface area contributed by atoms with Crippen molar-refractivity contribution < 1.29 is 14.3 Å². The molecule has 110 valence electrons. The second-order valence-corrected chi connectivity index (χ2v) is 4.88. The smallest absolute Gasteiger partial charge is 0.220 e. The van der Waals surface area contributed by atoms with Crippen LogP contribution in [0.4, 0.5) is 0 Å².